The van der Waals surface area contributed by atoms with Gasteiger partial charge in [-0.15, -0.1) is 0 Å². The van der Waals surface area contributed by atoms with Crippen LogP contribution in [-0.4, -0.2) is 11.1 Å². The van der Waals surface area contributed by atoms with Gasteiger partial charge in [-0.2, -0.15) is 0 Å². The molecule has 102 valence electrons. The fourth-order valence-corrected chi connectivity index (χ4v) is 2.40. The molecular weight excluding hydrogens is 214 g/mol. The van der Waals surface area contributed by atoms with Gasteiger partial charge in [0.1, 0.15) is 0 Å². The van der Waals surface area contributed by atoms with Gasteiger partial charge in [0.25, 0.3) is 0 Å². The molecule has 0 fully saturated rings. The Hall–Kier alpha value is -0.570. The van der Waals surface area contributed by atoms with Crippen molar-refractivity contribution >= 4 is 5.91 Å². The smallest absolute Gasteiger partial charge is 0.249 e. The van der Waals surface area contributed by atoms with Crippen molar-refractivity contribution in [3.8, 4) is 0 Å². The van der Waals surface area contributed by atoms with Crippen molar-refractivity contribution in [2.24, 2.45) is 5.41 Å². The molecule has 1 amide bonds. The highest BCUT2D eigenvalue weighted by Crippen LogP contribution is 2.33. The molecular formula is C14H29NO2. The van der Waals surface area contributed by atoms with Crippen molar-refractivity contribution in [1.82, 2.24) is 5.48 Å². The molecule has 0 unspecified atom stereocenters. The van der Waals surface area contributed by atoms with Gasteiger partial charge in [0.15, 0.2) is 0 Å². The number of carbonyl (C=O) groups excluding carboxylic acids is 1. The number of hydrogen-bond acceptors (Lipinski definition) is 2. The zero-order valence-corrected chi connectivity index (χ0v) is 11.7. The third-order valence-electron chi connectivity index (χ3n) is 3.95. The SMILES string of the molecule is CCCCCCCCC(CC)(CC)C(=O)NO. The second kappa shape index (κ2) is 9.46. The lowest BCUT2D eigenvalue weighted by atomic mass is 9.77. The van der Waals surface area contributed by atoms with Gasteiger partial charge in [0.05, 0.1) is 5.41 Å². The molecule has 0 heterocycles. The van der Waals surface area contributed by atoms with Gasteiger partial charge >= 0.3 is 0 Å². The van der Waals surface area contributed by atoms with Crippen LogP contribution < -0.4 is 5.48 Å². The van der Waals surface area contributed by atoms with Gasteiger partial charge in [-0.3, -0.25) is 10.0 Å². The molecule has 0 aromatic carbocycles. The first kappa shape index (κ1) is 16.4. The Morgan fingerprint density at radius 3 is 2.00 bits per heavy atom. The molecule has 0 bridgehead atoms. The third-order valence-corrected chi connectivity index (χ3v) is 3.95. The van der Waals surface area contributed by atoms with Gasteiger partial charge in [0, 0.05) is 0 Å². The van der Waals surface area contributed by atoms with Crippen molar-refractivity contribution in [3.63, 3.8) is 0 Å². The molecule has 2 N–H and O–H groups in total. The zero-order valence-electron chi connectivity index (χ0n) is 11.7. The topological polar surface area (TPSA) is 49.3 Å². The van der Waals surface area contributed by atoms with E-state index in [9.17, 15) is 4.79 Å². The number of nitrogens with one attached hydrogen (secondary N) is 1. The molecule has 0 saturated carbocycles. The first-order valence-corrected chi connectivity index (χ1v) is 7.11. The second-order valence-electron chi connectivity index (χ2n) is 4.95. The highest BCUT2D eigenvalue weighted by atomic mass is 16.5. The summed E-state index contributed by atoms with van der Waals surface area (Å²) in [6, 6.07) is 0. The molecule has 0 aromatic rings. The molecule has 0 aromatic heterocycles. The van der Waals surface area contributed by atoms with Gasteiger partial charge in [-0.05, 0) is 19.3 Å². The van der Waals surface area contributed by atoms with E-state index in [1.54, 1.807) is 0 Å². The first-order chi connectivity index (χ1) is 8.16. The molecule has 17 heavy (non-hydrogen) atoms. The molecule has 0 radical (unpaired) electrons. The van der Waals surface area contributed by atoms with E-state index < -0.39 is 0 Å². The number of unbranched alkanes of at least 4 members (excludes halogenated alkanes) is 5. The number of amides is 1. The van der Waals surface area contributed by atoms with Crippen LogP contribution in [0.4, 0.5) is 0 Å². The Labute approximate surface area is 106 Å². The second-order valence-corrected chi connectivity index (χ2v) is 4.95. The number of hydrogen-bond donors (Lipinski definition) is 2. The van der Waals surface area contributed by atoms with Crippen molar-refractivity contribution in [2.45, 2.75) is 78.6 Å². The van der Waals surface area contributed by atoms with Crippen LogP contribution in [0.1, 0.15) is 78.6 Å². The minimum Gasteiger partial charge on any atom is -0.289 e. The van der Waals surface area contributed by atoms with Crippen LogP contribution >= 0.6 is 0 Å². The quantitative estimate of drug-likeness (QED) is 0.345. The summed E-state index contributed by atoms with van der Waals surface area (Å²) in [7, 11) is 0. The van der Waals surface area contributed by atoms with Gasteiger partial charge in [0.2, 0.25) is 5.91 Å². The molecule has 0 atom stereocenters. The maximum Gasteiger partial charge on any atom is 0.249 e. The van der Waals surface area contributed by atoms with Crippen LogP contribution in [0.15, 0.2) is 0 Å². The molecule has 0 saturated heterocycles. The lowest BCUT2D eigenvalue weighted by Gasteiger charge is -2.29. The summed E-state index contributed by atoms with van der Waals surface area (Å²) < 4.78 is 0. The number of rotatable bonds is 10. The Balaban J connectivity index is 3.97. The lowest BCUT2D eigenvalue weighted by Crippen LogP contribution is -2.38. The van der Waals surface area contributed by atoms with Crippen LogP contribution in [0, 0.1) is 5.41 Å². The summed E-state index contributed by atoms with van der Waals surface area (Å²) in [6.45, 7) is 6.26. The predicted molar refractivity (Wildman–Crippen MR) is 70.9 cm³/mol. The van der Waals surface area contributed by atoms with Crippen LogP contribution in [0.3, 0.4) is 0 Å². The molecule has 0 spiro atoms. The third kappa shape index (κ3) is 5.53. The molecule has 0 rings (SSSR count). The van der Waals surface area contributed by atoms with E-state index in [2.05, 4.69) is 6.92 Å². The minimum absolute atomic E-state index is 0.212. The highest BCUT2D eigenvalue weighted by Gasteiger charge is 2.33. The minimum atomic E-state index is -0.362. The molecule has 0 aliphatic carbocycles. The van der Waals surface area contributed by atoms with E-state index >= 15 is 0 Å². The van der Waals surface area contributed by atoms with E-state index in [1.807, 2.05) is 19.3 Å². The lowest BCUT2D eigenvalue weighted by molar-refractivity contribution is -0.141. The Kier molecular flexibility index (Phi) is 9.14. The maximum atomic E-state index is 11.7. The van der Waals surface area contributed by atoms with Crippen molar-refractivity contribution < 1.29 is 10.0 Å². The van der Waals surface area contributed by atoms with E-state index in [-0.39, 0.29) is 11.3 Å². The average molecular weight is 243 g/mol. The first-order valence-electron chi connectivity index (χ1n) is 7.11. The Morgan fingerprint density at radius 2 is 1.53 bits per heavy atom. The van der Waals surface area contributed by atoms with Crippen molar-refractivity contribution in [2.75, 3.05) is 0 Å². The standard InChI is InChI=1S/C14H29NO2/c1-4-7-8-9-10-11-12-14(5-2,6-3)13(16)15-17/h17H,4-12H2,1-3H3,(H,15,16). The molecule has 3 nitrogen and oxygen atoms in total. The Morgan fingerprint density at radius 1 is 1.00 bits per heavy atom. The zero-order chi connectivity index (χ0) is 13.1. The van der Waals surface area contributed by atoms with Crippen LogP contribution in [0.5, 0.6) is 0 Å². The fourth-order valence-electron chi connectivity index (χ4n) is 2.40. The highest BCUT2D eigenvalue weighted by molar-refractivity contribution is 5.81. The van der Waals surface area contributed by atoms with E-state index in [0.717, 1.165) is 25.7 Å². The normalized spacial score (nSPS) is 11.5. The van der Waals surface area contributed by atoms with E-state index in [4.69, 9.17) is 5.21 Å². The van der Waals surface area contributed by atoms with Crippen molar-refractivity contribution in [3.05, 3.63) is 0 Å². The summed E-state index contributed by atoms with van der Waals surface area (Å²) in [5, 5.41) is 8.81. The summed E-state index contributed by atoms with van der Waals surface area (Å²) in [5.74, 6) is -0.212. The summed E-state index contributed by atoms with van der Waals surface area (Å²) in [4.78, 5) is 11.7. The average Bonchev–Trinajstić information content (AvgIpc) is 2.38. The van der Waals surface area contributed by atoms with Gasteiger partial charge < -0.3 is 0 Å². The van der Waals surface area contributed by atoms with Crippen LogP contribution in [0.2, 0.25) is 0 Å². The van der Waals surface area contributed by atoms with Crippen molar-refractivity contribution in [1.29, 1.82) is 0 Å². The van der Waals surface area contributed by atoms with E-state index in [1.165, 1.54) is 32.1 Å². The van der Waals surface area contributed by atoms with Gasteiger partial charge in [-0.1, -0.05) is 59.3 Å². The molecule has 0 aliphatic rings. The molecule has 3 heteroatoms. The van der Waals surface area contributed by atoms with Gasteiger partial charge in [-0.25, -0.2) is 5.48 Å². The summed E-state index contributed by atoms with van der Waals surface area (Å²) in [6.07, 6.45) is 9.89. The predicted octanol–water partition coefficient (Wildman–Crippen LogP) is 4.05. The molecule has 0 aliphatic heterocycles. The monoisotopic (exact) mass is 243 g/mol. The number of carbonyl (C=O) groups is 1. The van der Waals surface area contributed by atoms with Crippen LogP contribution in [-0.2, 0) is 4.79 Å². The van der Waals surface area contributed by atoms with E-state index in [0.29, 0.717) is 0 Å². The largest absolute Gasteiger partial charge is 0.289 e. The fraction of sp³-hybridized carbons (Fsp3) is 0.929. The summed E-state index contributed by atoms with van der Waals surface area (Å²) >= 11 is 0. The maximum absolute atomic E-state index is 11.7. The summed E-state index contributed by atoms with van der Waals surface area (Å²) in [5.41, 5.74) is 1.47. The number of hydroxylamine groups is 1. The van der Waals surface area contributed by atoms with Crippen LogP contribution in [0.25, 0.3) is 0 Å². The Bertz CT molecular complexity index is 200.